The molecule has 0 aliphatic carbocycles. The number of sulfonamides is 1. The Labute approximate surface area is 169 Å². The van der Waals surface area contributed by atoms with Crippen molar-refractivity contribution in [2.45, 2.75) is 23.2 Å². The average molecular weight is 455 g/mol. The van der Waals surface area contributed by atoms with Crippen LogP contribution in [0.15, 0.2) is 47.4 Å². The number of ether oxygens (including phenoxy) is 1. The highest BCUT2D eigenvalue weighted by Gasteiger charge is 2.33. The van der Waals surface area contributed by atoms with Gasteiger partial charge in [-0.2, -0.15) is 0 Å². The van der Waals surface area contributed by atoms with E-state index in [1.807, 2.05) is 0 Å². The average Bonchev–Trinajstić information content (AvgIpc) is 3.04. The van der Waals surface area contributed by atoms with E-state index in [9.17, 15) is 21.6 Å². The Morgan fingerprint density at radius 2 is 1.71 bits per heavy atom. The molecule has 11 heteroatoms. The van der Waals surface area contributed by atoms with Crippen molar-refractivity contribution in [3.8, 4) is 5.75 Å². The normalized spacial score (nSPS) is 20.3. The highest BCUT2D eigenvalue weighted by molar-refractivity contribution is 7.89. The summed E-state index contributed by atoms with van der Waals surface area (Å²) in [6.07, 6.45) is -4.85. The Bertz CT molecular complexity index is 953. The summed E-state index contributed by atoms with van der Waals surface area (Å²) in [7, 11) is -3.95. The van der Waals surface area contributed by atoms with E-state index < -0.39 is 28.2 Å². The summed E-state index contributed by atoms with van der Waals surface area (Å²) in [4.78, 5) is -0.165. The molecule has 0 saturated carbocycles. The van der Waals surface area contributed by atoms with Crippen LogP contribution >= 0.6 is 23.2 Å². The van der Waals surface area contributed by atoms with Gasteiger partial charge < -0.3 is 10.1 Å². The van der Waals surface area contributed by atoms with Crippen molar-refractivity contribution in [2.24, 2.45) is 0 Å². The summed E-state index contributed by atoms with van der Waals surface area (Å²) >= 11 is 12.0. The molecule has 0 unspecified atom stereocenters. The van der Waals surface area contributed by atoms with Crippen molar-refractivity contribution in [2.75, 3.05) is 13.1 Å². The molecule has 1 heterocycles. The Kier molecular flexibility index (Phi) is 6.11. The lowest BCUT2D eigenvalue weighted by Gasteiger charge is -2.21. The van der Waals surface area contributed by atoms with Gasteiger partial charge in [0, 0.05) is 25.0 Å². The van der Waals surface area contributed by atoms with E-state index in [2.05, 4.69) is 14.8 Å². The smallest absolute Gasteiger partial charge is 0.406 e. The molecule has 152 valence electrons. The van der Waals surface area contributed by atoms with Crippen LogP contribution in [-0.2, 0) is 10.0 Å². The van der Waals surface area contributed by atoms with Crippen LogP contribution in [0.2, 0.25) is 10.0 Å². The zero-order chi connectivity index (χ0) is 20.5. The Hall–Kier alpha value is -1.52. The molecule has 2 aromatic rings. The summed E-state index contributed by atoms with van der Waals surface area (Å²) in [5.74, 6) is -0.681. The third kappa shape index (κ3) is 5.09. The van der Waals surface area contributed by atoms with Gasteiger partial charge in [0.1, 0.15) is 5.75 Å². The lowest BCUT2D eigenvalue weighted by atomic mass is 9.95. The molecule has 0 radical (unpaired) electrons. The fourth-order valence-corrected chi connectivity index (χ4v) is 4.57. The predicted octanol–water partition coefficient (Wildman–Crippen LogP) is 3.93. The first-order valence-electron chi connectivity index (χ1n) is 8.09. The lowest BCUT2D eigenvalue weighted by molar-refractivity contribution is -0.274. The van der Waals surface area contributed by atoms with Gasteiger partial charge >= 0.3 is 6.36 Å². The van der Waals surface area contributed by atoms with Crippen molar-refractivity contribution >= 4 is 33.2 Å². The summed E-state index contributed by atoms with van der Waals surface area (Å²) in [5.41, 5.74) is 0.820. The van der Waals surface area contributed by atoms with Crippen molar-refractivity contribution < 1.29 is 26.3 Å². The number of benzene rings is 2. The summed E-state index contributed by atoms with van der Waals surface area (Å²) in [6, 6.07) is 8.65. The van der Waals surface area contributed by atoms with Gasteiger partial charge in [-0.3, -0.25) is 0 Å². The number of rotatable bonds is 5. The van der Waals surface area contributed by atoms with Crippen LogP contribution in [0.4, 0.5) is 13.2 Å². The fraction of sp³-hybridized carbons (Fsp3) is 0.294. The lowest BCUT2D eigenvalue weighted by Crippen LogP contribution is -2.39. The molecule has 1 aliphatic rings. The molecule has 0 spiro atoms. The summed E-state index contributed by atoms with van der Waals surface area (Å²) in [5, 5.41) is 3.88. The number of halogens is 5. The molecule has 0 amide bonds. The maximum Gasteiger partial charge on any atom is 0.573 e. The Balaban J connectivity index is 1.76. The topological polar surface area (TPSA) is 67.4 Å². The first-order valence-corrected chi connectivity index (χ1v) is 10.3. The van der Waals surface area contributed by atoms with Gasteiger partial charge in [0.05, 0.1) is 14.9 Å². The van der Waals surface area contributed by atoms with Gasteiger partial charge in [-0.1, -0.05) is 29.3 Å². The monoisotopic (exact) mass is 454 g/mol. The van der Waals surface area contributed by atoms with Gasteiger partial charge in [-0.05, 0) is 42.0 Å². The molecule has 2 N–H and O–H groups in total. The molecule has 3 rings (SSSR count). The first kappa shape index (κ1) is 21.2. The van der Waals surface area contributed by atoms with E-state index in [1.54, 1.807) is 18.2 Å². The largest absolute Gasteiger partial charge is 0.573 e. The third-order valence-corrected chi connectivity index (χ3v) is 6.50. The van der Waals surface area contributed by atoms with Crippen LogP contribution in [0.25, 0.3) is 0 Å². The van der Waals surface area contributed by atoms with E-state index in [0.717, 1.165) is 29.8 Å². The molecule has 5 nitrogen and oxygen atoms in total. The number of hydrogen-bond acceptors (Lipinski definition) is 4. The molecule has 0 aromatic heterocycles. The van der Waals surface area contributed by atoms with Crippen molar-refractivity contribution in [1.29, 1.82) is 0 Å². The molecular formula is C17H15Cl2F3N2O3S. The van der Waals surface area contributed by atoms with Gasteiger partial charge in [0.15, 0.2) is 0 Å². The van der Waals surface area contributed by atoms with Crippen LogP contribution in [0.5, 0.6) is 5.75 Å². The first-order chi connectivity index (χ1) is 13.0. The van der Waals surface area contributed by atoms with Crippen LogP contribution in [-0.4, -0.2) is 33.9 Å². The molecule has 2 aromatic carbocycles. The minimum Gasteiger partial charge on any atom is -0.406 e. The quantitative estimate of drug-likeness (QED) is 0.718. The standard InChI is InChI=1S/C17H15Cl2F3N2O3S/c18-14-6-1-10(7-15(14)19)13-8-23-9-16(13)24-28(25,26)12-4-2-11(3-5-12)27-17(20,21)22/h1-7,13,16,23-24H,8-9H2/t13-,16-/m1/s1. The van der Waals surface area contributed by atoms with E-state index in [1.165, 1.54) is 0 Å². The van der Waals surface area contributed by atoms with Crippen molar-refractivity contribution in [3.63, 3.8) is 0 Å². The van der Waals surface area contributed by atoms with E-state index >= 15 is 0 Å². The Morgan fingerprint density at radius 1 is 1.04 bits per heavy atom. The summed E-state index contributed by atoms with van der Waals surface area (Å²) in [6.45, 7) is 0.920. The zero-order valence-corrected chi connectivity index (χ0v) is 16.5. The molecule has 1 fully saturated rings. The number of nitrogens with one attached hydrogen (secondary N) is 2. The minimum atomic E-state index is -4.85. The molecule has 0 bridgehead atoms. The number of hydrogen-bond donors (Lipinski definition) is 2. The molecule has 1 aliphatic heterocycles. The van der Waals surface area contributed by atoms with E-state index in [0.29, 0.717) is 23.1 Å². The second-order valence-electron chi connectivity index (χ2n) is 6.19. The predicted molar refractivity (Wildman–Crippen MR) is 99.3 cm³/mol. The Morgan fingerprint density at radius 3 is 2.32 bits per heavy atom. The van der Waals surface area contributed by atoms with Crippen molar-refractivity contribution in [1.82, 2.24) is 10.0 Å². The second kappa shape index (κ2) is 8.08. The van der Waals surface area contributed by atoms with E-state index in [-0.39, 0.29) is 10.8 Å². The summed E-state index contributed by atoms with van der Waals surface area (Å²) < 4.78 is 68.3. The fourth-order valence-electron chi connectivity index (χ4n) is 2.98. The second-order valence-corrected chi connectivity index (χ2v) is 8.71. The highest BCUT2D eigenvalue weighted by Crippen LogP contribution is 2.30. The SMILES string of the molecule is O=S(=O)(N[C@@H]1CNC[C@@H]1c1ccc(Cl)c(Cl)c1)c1ccc(OC(F)(F)F)cc1. The number of alkyl halides is 3. The van der Waals surface area contributed by atoms with Crippen LogP contribution < -0.4 is 14.8 Å². The molecule has 28 heavy (non-hydrogen) atoms. The van der Waals surface area contributed by atoms with Gasteiger partial charge in [0.25, 0.3) is 0 Å². The molecule has 1 saturated heterocycles. The minimum absolute atomic E-state index is 0.165. The maximum absolute atomic E-state index is 12.6. The molecular weight excluding hydrogens is 440 g/mol. The van der Waals surface area contributed by atoms with Gasteiger partial charge in [-0.25, -0.2) is 13.1 Å². The van der Waals surface area contributed by atoms with Crippen LogP contribution in [0, 0.1) is 0 Å². The van der Waals surface area contributed by atoms with Crippen LogP contribution in [0.1, 0.15) is 11.5 Å². The highest BCUT2D eigenvalue weighted by atomic mass is 35.5. The third-order valence-electron chi connectivity index (χ3n) is 4.26. The van der Waals surface area contributed by atoms with Gasteiger partial charge in [-0.15, -0.1) is 13.2 Å². The van der Waals surface area contributed by atoms with Crippen LogP contribution in [0.3, 0.4) is 0 Å². The molecule has 2 atom stereocenters. The van der Waals surface area contributed by atoms with Crippen molar-refractivity contribution in [3.05, 3.63) is 58.1 Å². The van der Waals surface area contributed by atoms with Gasteiger partial charge in [0.2, 0.25) is 10.0 Å². The zero-order valence-electron chi connectivity index (χ0n) is 14.1. The van der Waals surface area contributed by atoms with E-state index in [4.69, 9.17) is 23.2 Å². The maximum atomic E-state index is 12.6.